The van der Waals surface area contributed by atoms with Crippen molar-refractivity contribution in [3.63, 3.8) is 0 Å². The maximum absolute atomic E-state index is 12.6. The Morgan fingerprint density at radius 3 is 2.75 bits per heavy atom. The predicted molar refractivity (Wildman–Crippen MR) is 103 cm³/mol. The van der Waals surface area contributed by atoms with Crippen molar-refractivity contribution in [2.24, 2.45) is 5.92 Å². The number of ether oxygens (including phenoxy) is 2. The van der Waals surface area contributed by atoms with Gasteiger partial charge < -0.3 is 14.6 Å². The summed E-state index contributed by atoms with van der Waals surface area (Å²) >= 11 is 0. The zero-order chi connectivity index (χ0) is 19.9. The molecule has 1 aliphatic rings. The lowest BCUT2D eigenvalue weighted by atomic mass is 9.98. The van der Waals surface area contributed by atoms with E-state index in [4.69, 9.17) is 9.47 Å². The Bertz CT molecular complexity index is 858. The molecule has 7 heteroatoms. The molecule has 1 unspecified atom stereocenters. The Hall–Kier alpha value is -2.67. The average molecular weight is 386 g/mol. The standard InChI is InChI=1S/C21H26N2O5/c1-27-21(26)18(12-15-6-2-3-7-15)23-20(25)13-17(14-22-23)28-19-9-5-4-8-16(19)10-11-24/h4-5,8-9,13-15,18,24H,2-3,6-7,10-12H2,1H3. The van der Waals surface area contributed by atoms with E-state index in [1.807, 2.05) is 18.2 Å². The van der Waals surface area contributed by atoms with Crippen LogP contribution in [0.5, 0.6) is 11.5 Å². The molecule has 0 saturated heterocycles. The second-order valence-electron chi connectivity index (χ2n) is 7.08. The molecule has 1 N–H and O–H groups in total. The predicted octanol–water partition coefficient (Wildman–Crippen LogP) is 2.86. The zero-order valence-corrected chi connectivity index (χ0v) is 16.0. The van der Waals surface area contributed by atoms with Gasteiger partial charge in [0.2, 0.25) is 0 Å². The molecule has 3 rings (SSSR count). The smallest absolute Gasteiger partial charge is 0.330 e. The molecule has 1 atom stereocenters. The topological polar surface area (TPSA) is 90.7 Å². The number of aliphatic hydroxyl groups is 1. The van der Waals surface area contributed by atoms with Gasteiger partial charge in [-0.1, -0.05) is 43.9 Å². The van der Waals surface area contributed by atoms with Crippen molar-refractivity contribution in [1.82, 2.24) is 9.78 Å². The molecule has 0 amide bonds. The number of carbonyl (C=O) groups is 1. The number of benzene rings is 1. The van der Waals surface area contributed by atoms with Gasteiger partial charge in [0.15, 0.2) is 11.8 Å². The van der Waals surface area contributed by atoms with E-state index in [0.717, 1.165) is 31.2 Å². The van der Waals surface area contributed by atoms with Crippen molar-refractivity contribution in [3.8, 4) is 11.5 Å². The zero-order valence-electron chi connectivity index (χ0n) is 16.0. The molecular weight excluding hydrogens is 360 g/mol. The van der Waals surface area contributed by atoms with Gasteiger partial charge in [-0.25, -0.2) is 9.48 Å². The normalized spacial score (nSPS) is 15.4. The third kappa shape index (κ3) is 4.78. The largest absolute Gasteiger partial charge is 0.467 e. The van der Waals surface area contributed by atoms with E-state index in [-0.39, 0.29) is 12.4 Å². The first kappa shape index (κ1) is 20.1. The number of carbonyl (C=O) groups excluding carboxylic acids is 1. The Morgan fingerprint density at radius 1 is 1.32 bits per heavy atom. The van der Waals surface area contributed by atoms with Crippen LogP contribution in [0.4, 0.5) is 0 Å². The van der Waals surface area contributed by atoms with Gasteiger partial charge in [-0.05, 0) is 30.4 Å². The van der Waals surface area contributed by atoms with Crippen LogP contribution in [0.2, 0.25) is 0 Å². The van der Waals surface area contributed by atoms with Crippen LogP contribution in [0, 0.1) is 5.92 Å². The first-order chi connectivity index (χ1) is 13.6. The van der Waals surface area contributed by atoms with Gasteiger partial charge in [0.25, 0.3) is 5.56 Å². The van der Waals surface area contributed by atoms with Gasteiger partial charge in [0, 0.05) is 12.7 Å². The molecule has 7 nitrogen and oxygen atoms in total. The average Bonchev–Trinajstić information content (AvgIpc) is 3.21. The SMILES string of the molecule is COC(=O)C(CC1CCCC1)n1ncc(Oc2ccccc2CCO)cc1=O. The Morgan fingerprint density at radius 2 is 2.07 bits per heavy atom. The minimum atomic E-state index is -0.726. The van der Waals surface area contributed by atoms with Crippen LogP contribution in [0.15, 0.2) is 41.3 Å². The Kier molecular flexibility index (Phi) is 6.81. The number of aliphatic hydroxyl groups excluding tert-OH is 1. The number of nitrogens with zero attached hydrogens (tertiary/aromatic N) is 2. The fourth-order valence-corrected chi connectivity index (χ4v) is 3.74. The highest BCUT2D eigenvalue weighted by Gasteiger charge is 2.29. The molecule has 1 saturated carbocycles. The van der Waals surface area contributed by atoms with Crippen molar-refractivity contribution in [2.75, 3.05) is 13.7 Å². The Labute approximate surface area is 163 Å². The van der Waals surface area contributed by atoms with E-state index in [1.165, 1.54) is 24.1 Å². The summed E-state index contributed by atoms with van der Waals surface area (Å²) in [5.74, 6) is 0.796. The number of esters is 1. The molecule has 1 heterocycles. The lowest BCUT2D eigenvalue weighted by molar-refractivity contribution is -0.145. The summed E-state index contributed by atoms with van der Waals surface area (Å²) in [4.78, 5) is 24.9. The molecule has 2 aromatic rings. The van der Waals surface area contributed by atoms with Crippen LogP contribution in [0.1, 0.15) is 43.7 Å². The molecule has 28 heavy (non-hydrogen) atoms. The summed E-state index contributed by atoms with van der Waals surface area (Å²) in [7, 11) is 1.32. The second kappa shape index (κ2) is 9.50. The van der Waals surface area contributed by atoms with Crippen molar-refractivity contribution in [1.29, 1.82) is 0 Å². The van der Waals surface area contributed by atoms with Crippen LogP contribution < -0.4 is 10.3 Å². The summed E-state index contributed by atoms with van der Waals surface area (Å²) in [6.45, 7) is 0.00218. The summed E-state index contributed by atoms with van der Waals surface area (Å²) in [5.41, 5.74) is 0.424. The number of hydrogen-bond acceptors (Lipinski definition) is 6. The highest BCUT2D eigenvalue weighted by molar-refractivity contribution is 5.73. The van der Waals surface area contributed by atoms with E-state index < -0.39 is 17.6 Å². The van der Waals surface area contributed by atoms with Crippen LogP contribution in [-0.4, -0.2) is 34.6 Å². The number of aromatic nitrogens is 2. The fraction of sp³-hybridized carbons (Fsp3) is 0.476. The lowest BCUT2D eigenvalue weighted by Gasteiger charge is -2.20. The molecule has 0 aliphatic heterocycles. The summed E-state index contributed by atoms with van der Waals surface area (Å²) in [5, 5.41) is 13.4. The number of rotatable bonds is 8. The molecule has 0 bridgehead atoms. The second-order valence-corrected chi connectivity index (χ2v) is 7.08. The molecule has 1 fully saturated rings. The third-order valence-electron chi connectivity index (χ3n) is 5.18. The van der Waals surface area contributed by atoms with Gasteiger partial charge in [0.05, 0.1) is 13.3 Å². The summed E-state index contributed by atoms with van der Waals surface area (Å²) < 4.78 is 11.9. The summed E-state index contributed by atoms with van der Waals surface area (Å²) in [6.07, 6.45) is 6.87. The first-order valence-corrected chi connectivity index (χ1v) is 9.65. The van der Waals surface area contributed by atoms with Crippen LogP contribution in [-0.2, 0) is 16.0 Å². The highest BCUT2D eigenvalue weighted by atomic mass is 16.5. The lowest BCUT2D eigenvalue weighted by Crippen LogP contribution is -2.33. The molecule has 1 aromatic heterocycles. The van der Waals surface area contributed by atoms with Gasteiger partial charge in [0.1, 0.15) is 5.75 Å². The van der Waals surface area contributed by atoms with E-state index in [0.29, 0.717) is 24.5 Å². The molecule has 1 aromatic carbocycles. The number of para-hydroxylation sites is 1. The van der Waals surface area contributed by atoms with Crippen LogP contribution in [0.3, 0.4) is 0 Å². The van der Waals surface area contributed by atoms with E-state index in [1.54, 1.807) is 6.07 Å². The van der Waals surface area contributed by atoms with E-state index >= 15 is 0 Å². The monoisotopic (exact) mass is 386 g/mol. The quantitative estimate of drug-likeness (QED) is 0.702. The molecular formula is C21H26N2O5. The van der Waals surface area contributed by atoms with Crippen molar-refractivity contribution < 1.29 is 19.4 Å². The Balaban J connectivity index is 1.82. The van der Waals surface area contributed by atoms with E-state index in [9.17, 15) is 14.7 Å². The van der Waals surface area contributed by atoms with Crippen LogP contribution >= 0.6 is 0 Å². The number of methoxy groups -OCH3 is 1. The third-order valence-corrected chi connectivity index (χ3v) is 5.18. The minimum absolute atomic E-state index is 0.00218. The van der Waals surface area contributed by atoms with Crippen LogP contribution in [0.25, 0.3) is 0 Å². The molecule has 150 valence electrons. The van der Waals surface area contributed by atoms with Crippen molar-refractivity contribution in [2.45, 2.75) is 44.6 Å². The fourth-order valence-electron chi connectivity index (χ4n) is 3.74. The maximum Gasteiger partial charge on any atom is 0.330 e. The van der Waals surface area contributed by atoms with E-state index in [2.05, 4.69) is 5.10 Å². The van der Waals surface area contributed by atoms with Crippen molar-refractivity contribution in [3.05, 3.63) is 52.4 Å². The maximum atomic E-state index is 12.6. The molecule has 0 spiro atoms. The van der Waals surface area contributed by atoms with Gasteiger partial charge in [-0.2, -0.15) is 5.10 Å². The van der Waals surface area contributed by atoms with Gasteiger partial charge in [-0.3, -0.25) is 4.79 Å². The van der Waals surface area contributed by atoms with Gasteiger partial charge >= 0.3 is 5.97 Å². The van der Waals surface area contributed by atoms with Crippen molar-refractivity contribution >= 4 is 5.97 Å². The molecule has 0 radical (unpaired) electrons. The highest BCUT2D eigenvalue weighted by Crippen LogP contribution is 2.32. The van der Waals surface area contributed by atoms with Gasteiger partial charge in [-0.15, -0.1) is 0 Å². The summed E-state index contributed by atoms with van der Waals surface area (Å²) in [6, 6.07) is 7.91. The number of hydrogen-bond donors (Lipinski definition) is 1. The molecule has 1 aliphatic carbocycles. The minimum Gasteiger partial charge on any atom is -0.467 e. The first-order valence-electron chi connectivity index (χ1n) is 9.65.